The van der Waals surface area contributed by atoms with Gasteiger partial charge in [0, 0.05) is 10.7 Å². The maximum Gasteiger partial charge on any atom is 0.337 e. The summed E-state index contributed by atoms with van der Waals surface area (Å²) >= 11 is 22.5. The molecule has 0 aliphatic rings. The molecular weight excluding hydrogens is 395 g/mol. The molecule has 0 unspecified atom stereocenters. The van der Waals surface area contributed by atoms with Gasteiger partial charge in [-0.1, -0.05) is 34.8 Å². The Morgan fingerprint density at radius 1 is 0.958 bits per heavy atom. The number of benzene rings is 2. The summed E-state index contributed by atoms with van der Waals surface area (Å²) in [5.74, 6) is -1.70. The molecule has 24 heavy (non-hydrogen) atoms. The minimum absolute atomic E-state index is 0.0234. The predicted molar refractivity (Wildman–Crippen MR) is 98.6 cm³/mol. The number of thiocarbonyl (C=S) groups is 1. The van der Waals surface area contributed by atoms with Gasteiger partial charge in [0.25, 0.3) is 5.91 Å². The van der Waals surface area contributed by atoms with E-state index in [1.807, 2.05) is 0 Å². The normalized spacial score (nSPS) is 10.1. The SMILES string of the molecule is O=C(O)c1cc(NC(=S)NC(=O)c2ccc(Cl)cc2Cl)ccc1Cl. The van der Waals surface area contributed by atoms with E-state index in [0.717, 1.165) is 0 Å². The van der Waals surface area contributed by atoms with Crippen LogP contribution in [-0.2, 0) is 0 Å². The molecule has 3 N–H and O–H groups in total. The van der Waals surface area contributed by atoms with Crippen molar-refractivity contribution < 1.29 is 14.7 Å². The van der Waals surface area contributed by atoms with Gasteiger partial charge in [-0.3, -0.25) is 10.1 Å². The highest BCUT2D eigenvalue weighted by molar-refractivity contribution is 7.80. The largest absolute Gasteiger partial charge is 0.478 e. The molecule has 0 aliphatic heterocycles. The molecule has 0 heterocycles. The van der Waals surface area contributed by atoms with Crippen molar-refractivity contribution in [1.29, 1.82) is 0 Å². The van der Waals surface area contributed by atoms with Crippen molar-refractivity contribution in [3.63, 3.8) is 0 Å². The van der Waals surface area contributed by atoms with E-state index < -0.39 is 11.9 Å². The highest BCUT2D eigenvalue weighted by Crippen LogP contribution is 2.22. The van der Waals surface area contributed by atoms with Crippen LogP contribution in [0.2, 0.25) is 15.1 Å². The van der Waals surface area contributed by atoms with Crippen LogP contribution in [0.3, 0.4) is 0 Å². The number of halogens is 3. The zero-order valence-electron chi connectivity index (χ0n) is 11.8. The minimum Gasteiger partial charge on any atom is -0.478 e. The maximum atomic E-state index is 12.1. The van der Waals surface area contributed by atoms with Gasteiger partial charge in [-0.15, -0.1) is 0 Å². The van der Waals surface area contributed by atoms with Crippen molar-refractivity contribution in [3.8, 4) is 0 Å². The van der Waals surface area contributed by atoms with Crippen LogP contribution in [-0.4, -0.2) is 22.1 Å². The summed E-state index contributed by atoms with van der Waals surface area (Å²) in [4.78, 5) is 23.2. The highest BCUT2D eigenvalue weighted by atomic mass is 35.5. The zero-order chi connectivity index (χ0) is 17.9. The number of nitrogens with one attached hydrogen (secondary N) is 2. The van der Waals surface area contributed by atoms with Crippen LogP contribution >= 0.6 is 47.0 Å². The van der Waals surface area contributed by atoms with Gasteiger partial charge in [-0.2, -0.15) is 0 Å². The molecule has 0 bridgehead atoms. The van der Waals surface area contributed by atoms with E-state index in [-0.39, 0.29) is 26.3 Å². The van der Waals surface area contributed by atoms with Crippen molar-refractivity contribution in [2.75, 3.05) is 5.32 Å². The molecule has 0 aliphatic carbocycles. The summed E-state index contributed by atoms with van der Waals surface area (Å²) in [6.07, 6.45) is 0. The summed E-state index contributed by atoms with van der Waals surface area (Å²) in [6, 6.07) is 8.67. The summed E-state index contributed by atoms with van der Waals surface area (Å²) < 4.78 is 0. The number of amides is 1. The number of rotatable bonds is 3. The number of carbonyl (C=O) groups excluding carboxylic acids is 1. The van der Waals surface area contributed by atoms with Crippen molar-refractivity contribution in [3.05, 3.63) is 62.6 Å². The average molecular weight is 404 g/mol. The lowest BCUT2D eigenvalue weighted by Gasteiger charge is -2.11. The molecule has 0 saturated heterocycles. The molecule has 2 aromatic rings. The van der Waals surface area contributed by atoms with Gasteiger partial charge < -0.3 is 10.4 Å². The number of carboxylic acids is 1. The highest BCUT2D eigenvalue weighted by Gasteiger charge is 2.14. The zero-order valence-corrected chi connectivity index (χ0v) is 14.9. The Hall–Kier alpha value is -1.86. The first kappa shape index (κ1) is 18.5. The van der Waals surface area contributed by atoms with E-state index in [4.69, 9.17) is 52.1 Å². The van der Waals surface area contributed by atoms with Crippen LogP contribution in [0.5, 0.6) is 0 Å². The molecule has 0 saturated carbocycles. The Morgan fingerprint density at radius 3 is 2.29 bits per heavy atom. The van der Waals surface area contributed by atoms with Gasteiger partial charge in [0.05, 0.1) is 21.2 Å². The molecule has 0 fully saturated rings. The smallest absolute Gasteiger partial charge is 0.337 e. The Kier molecular flexibility index (Phi) is 6.01. The molecular formula is C15H9Cl3N2O3S. The number of anilines is 1. The molecule has 2 rings (SSSR count). The summed E-state index contributed by atoms with van der Waals surface area (Å²) in [5.41, 5.74) is 0.480. The van der Waals surface area contributed by atoms with Crippen LogP contribution in [0.4, 0.5) is 5.69 Å². The van der Waals surface area contributed by atoms with Crippen LogP contribution in [0, 0.1) is 0 Å². The Balaban J connectivity index is 2.09. The lowest BCUT2D eigenvalue weighted by molar-refractivity contribution is 0.0697. The fourth-order valence-corrected chi connectivity index (χ4v) is 2.68. The van der Waals surface area contributed by atoms with Gasteiger partial charge in [0.1, 0.15) is 0 Å². The van der Waals surface area contributed by atoms with Crippen molar-refractivity contribution in [2.24, 2.45) is 0 Å². The molecule has 9 heteroatoms. The van der Waals surface area contributed by atoms with Crippen LogP contribution in [0.15, 0.2) is 36.4 Å². The third-order valence-corrected chi connectivity index (χ3v) is 3.94. The van der Waals surface area contributed by atoms with E-state index in [0.29, 0.717) is 10.7 Å². The first-order chi connectivity index (χ1) is 11.3. The van der Waals surface area contributed by atoms with Crippen molar-refractivity contribution in [1.82, 2.24) is 5.32 Å². The van der Waals surface area contributed by atoms with Gasteiger partial charge >= 0.3 is 5.97 Å². The van der Waals surface area contributed by atoms with Crippen LogP contribution in [0.25, 0.3) is 0 Å². The average Bonchev–Trinajstić information content (AvgIpc) is 2.48. The van der Waals surface area contributed by atoms with E-state index in [1.54, 1.807) is 0 Å². The molecule has 0 atom stereocenters. The molecule has 0 aromatic heterocycles. The number of aromatic carboxylic acids is 1. The van der Waals surface area contributed by atoms with E-state index >= 15 is 0 Å². The van der Waals surface area contributed by atoms with E-state index in [2.05, 4.69) is 10.6 Å². The topological polar surface area (TPSA) is 78.4 Å². The number of hydrogen-bond donors (Lipinski definition) is 3. The van der Waals surface area contributed by atoms with E-state index in [9.17, 15) is 9.59 Å². The first-order valence-corrected chi connectivity index (χ1v) is 7.92. The van der Waals surface area contributed by atoms with Crippen molar-refractivity contribution >= 4 is 69.7 Å². The van der Waals surface area contributed by atoms with Crippen LogP contribution < -0.4 is 10.6 Å². The fraction of sp³-hybridized carbons (Fsp3) is 0. The minimum atomic E-state index is -1.17. The molecule has 5 nitrogen and oxygen atoms in total. The third-order valence-electron chi connectivity index (χ3n) is 2.86. The molecule has 2 aromatic carbocycles. The Morgan fingerprint density at radius 2 is 1.67 bits per heavy atom. The van der Waals surface area contributed by atoms with E-state index in [1.165, 1.54) is 36.4 Å². The second-order valence-corrected chi connectivity index (χ2v) is 6.19. The van der Waals surface area contributed by atoms with Gasteiger partial charge in [0.2, 0.25) is 0 Å². The summed E-state index contributed by atoms with van der Waals surface area (Å²) in [7, 11) is 0. The summed E-state index contributed by atoms with van der Waals surface area (Å²) in [6.45, 7) is 0. The predicted octanol–water partition coefficient (Wildman–Crippen LogP) is 4.47. The second kappa shape index (κ2) is 7.81. The molecule has 124 valence electrons. The lowest BCUT2D eigenvalue weighted by Crippen LogP contribution is -2.34. The standard InChI is InChI=1S/C15H9Cl3N2O3S/c16-7-1-3-9(12(18)5-7)13(21)20-15(24)19-8-2-4-11(17)10(6-8)14(22)23/h1-6H,(H,22,23)(H2,19,20,21,24). The Labute approximate surface area is 157 Å². The molecule has 0 radical (unpaired) electrons. The van der Waals surface area contributed by atoms with Crippen molar-refractivity contribution in [2.45, 2.75) is 0 Å². The summed E-state index contributed by atoms with van der Waals surface area (Å²) in [5, 5.41) is 14.8. The van der Waals surface area contributed by atoms with Gasteiger partial charge in [0.15, 0.2) is 5.11 Å². The van der Waals surface area contributed by atoms with Gasteiger partial charge in [-0.25, -0.2) is 4.79 Å². The first-order valence-electron chi connectivity index (χ1n) is 6.38. The monoisotopic (exact) mass is 402 g/mol. The number of hydrogen-bond acceptors (Lipinski definition) is 3. The lowest BCUT2D eigenvalue weighted by atomic mass is 10.2. The maximum absolute atomic E-state index is 12.1. The molecule has 1 amide bonds. The van der Waals surface area contributed by atoms with Crippen LogP contribution in [0.1, 0.15) is 20.7 Å². The fourth-order valence-electron chi connectivity index (χ4n) is 1.77. The number of carboxylic acid groups (broad SMARTS) is 1. The van der Waals surface area contributed by atoms with Gasteiger partial charge in [-0.05, 0) is 48.6 Å². The molecule has 0 spiro atoms. The Bertz CT molecular complexity index is 843. The number of carbonyl (C=O) groups is 2. The quantitative estimate of drug-likeness (QED) is 0.659. The second-order valence-electron chi connectivity index (χ2n) is 4.53. The third kappa shape index (κ3) is 4.58.